The van der Waals surface area contributed by atoms with Gasteiger partial charge in [0.05, 0.1) is 0 Å². The standard InChI is InChI=1S/C16H18ClIN2/c1-3-19-16(10-15-11(2)5-4-8-20-15)13-9-12(17)6-7-14(13)18/h4-9,16,19H,3,10H2,1-2H3. The summed E-state index contributed by atoms with van der Waals surface area (Å²) >= 11 is 8.51. The fraction of sp³-hybridized carbons (Fsp3) is 0.312. The smallest absolute Gasteiger partial charge is 0.0451 e. The highest BCUT2D eigenvalue weighted by molar-refractivity contribution is 14.1. The van der Waals surface area contributed by atoms with Crippen molar-refractivity contribution < 1.29 is 0 Å². The van der Waals surface area contributed by atoms with Gasteiger partial charge in [-0.3, -0.25) is 4.98 Å². The monoisotopic (exact) mass is 400 g/mol. The largest absolute Gasteiger partial charge is 0.310 e. The zero-order chi connectivity index (χ0) is 14.5. The van der Waals surface area contributed by atoms with Gasteiger partial charge in [0, 0.05) is 32.9 Å². The van der Waals surface area contributed by atoms with Crippen molar-refractivity contribution in [2.24, 2.45) is 0 Å². The molecule has 0 aliphatic heterocycles. The number of nitrogens with one attached hydrogen (secondary N) is 1. The summed E-state index contributed by atoms with van der Waals surface area (Å²) in [5, 5.41) is 4.32. The van der Waals surface area contributed by atoms with E-state index in [0.29, 0.717) is 0 Å². The number of benzene rings is 1. The van der Waals surface area contributed by atoms with E-state index >= 15 is 0 Å². The Hall–Kier alpha value is -0.650. The van der Waals surface area contributed by atoms with E-state index in [-0.39, 0.29) is 6.04 Å². The second-order valence-corrected chi connectivity index (χ2v) is 6.35. The van der Waals surface area contributed by atoms with Gasteiger partial charge in [0.2, 0.25) is 0 Å². The molecule has 0 saturated heterocycles. The van der Waals surface area contributed by atoms with E-state index in [0.717, 1.165) is 23.7 Å². The van der Waals surface area contributed by atoms with Crippen LogP contribution in [0.5, 0.6) is 0 Å². The zero-order valence-corrected chi connectivity index (χ0v) is 14.6. The van der Waals surface area contributed by atoms with E-state index in [4.69, 9.17) is 11.6 Å². The number of aromatic nitrogens is 1. The van der Waals surface area contributed by atoms with Gasteiger partial charge in [-0.05, 0) is 71.5 Å². The summed E-state index contributed by atoms with van der Waals surface area (Å²) in [6.45, 7) is 5.14. The van der Waals surface area contributed by atoms with Gasteiger partial charge in [-0.2, -0.15) is 0 Å². The number of aryl methyl sites for hydroxylation is 1. The number of likely N-dealkylation sites (N-methyl/N-ethyl adjacent to an activating group) is 1. The molecule has 0 saturated carbocycles. The molecule has 1 N–H and O–H groups in total. The summed E-state index contributed by atoms with van der Waals surface area (Å²) in [6, 6.07) is 10.4. The van der Waals surface area contributed by atoms with Gasteiger partial charge in [-0.15, -0.1) is 0 Å². The van der Waals surface area contributed by atoms with Gasteiger partial charge in [-0.1, -0.05) is 24.6 Å². The molecule has 106 valence electrons. The molecule has 4 heteroatoms. The molecule has 1 aromatic heterocycles. The Balaban J connectivity index is 2.32. The molecule has 1 atom stereocenters. The first-order valence-electron chi connectivity index (χ1n) is 6.70. The Kier molecular flexibility index (Phi) is 5.81. The van der Waals surface area contributed by atoms with E-state index in [1.54, 1.807) is 0 Å². The van der Waals surface area contributed by atoms with Crippen molar-refractivity contribution >= 4 is 34.2 Å². The lowest BCUT2D eigenvalue weighted by Crippen LogP contribution is -2.24. The van der Waals surface area contributed by atoms with E-state index in [9.17, 15) is 0 Å². The normalized spacial score (nSPS) is 12.4. The second kappa shape index (κ2) is 7.38. The van der Waals surface area contributed by atoms with Crippen molar-refractivity contribution in [2.75, 3.05) is 6.54 Å². The van der Waals surface area contributed by atoms with Crippen LogP contribution in [0.1, 0.15) is 29.8 Å². The Bertz CT molecular complexity index is 586. The van der Waals surface area contributed by atoms with Crippen molar-refractivity contribution in [3.05, 3.63) is 61.9 Å². The van der Waals surface area contributed by atoms with Crippen LogP contribution in [0.15, 0.2) is 36.5 Å². The first kappa shape index (κ1) is 15.7. The number of hydrogen-bond donors (Lipinski definition) is 1. The minimum Gasteiger partial charge on any atom is -0.310 e. The van der Waals surface area contributed by atoms with Crippen molar-refractivity contribution in [3.8, 4) is 0 Å². The SMILES string of the molecule is CCNC(Cc1ncccc1C)c1cc(Cl)ccc1I. The summed E-state index contributed by atoms with van der Waals surface area (Å²) < 4.78 is 1.23. The predicted octanol–water partition coefficient (Wildman–Crippen LogP) is 4.54. The first-order chi connectivity index (χ1) is 9.61. The number of pyridine rings is 1. The highest BCUT2D eigenvalue weighted by Gasteiger charge is 2.16. The molecule has 20 heavy (non-hydrogen) atoms. The Morgan fingerprint density at radius 2 is 2.15 bits per heavy atom. The lowest BCUT2D eigenvalue weighted by atomic mass is 9.99. The molecule has 1 unspecified atom stereocenters. The summed E-state index contributed by atoms with van der Waals surface area (Å²) in [4.78, 5) is 4.50. The van der Waals surface area contributed by atoms with E-state index in [1.807, 2.05) is 18.3 Å². The molecule has 1 heterocycles. The van der Waals surface area contributed by atoms with Crippen LogP contribution in [0.25, 0.3) is 0 Å². The van der Waals surface area contributed by atoms with Crippen molar-refractivity contribution in [2.45, 2.75) is 26.3 Å². The molecule has 0 aliphatic rings. The van der Waals surface area contributed by atoms with Gasteiger partial charge in [0.1, 0.15) is 0 Å². The van der Waals surface area contributed by atoms with Gasteiger partial charge < -0.3 is 5.32 Å². The molecule has 2 nitrogen and oxygen atoms in total. The van der Waals surface area contributed by atoms with Gasteiger partial charge in [0.25, 0.3) is 0 Å². The van der Waals surface area contributed by atoms with E-state index in [1.165, 1.54) is 14.7 Å². The maximum atomic E-state index is 6.15. The van der Waals surface area contributed by atoms with Crippen LogP contribution in [0.3, 0.4) is 0 Å². The van der Waals surface area contributed by atoms with Crippen molar-refractivity contribution in [1.29, 1.82) is 0 Å². The maximum Gasteiger partial charge on any atom is 0.0451 e. The average molecular weight is 401 g/mol. The topological polar surface area (TPSA) is 24.9 Å². The second-order valence-electron chi connectivity index (χ2n) is 4.75. The van der Waals surface area contributed by atoms with Crippen LogP contribution >= 0.6 is 34.2 Å². The third-order valence-electron chi connectivity index (χ3n) is 3.30. The highest BCUT2D eigenvalue weighted by Crippen LogP contribution is 2.26. The summed E-state index contributed by atoms with van der Waals surface area (Å²) in [5.41, 5.74) is 3.60. The quantitative estimate of drug-likeness (QED) is 0.745. The Labute approximate surface area is 139 Å². The summed E-state index contributed by atoms with van der Waals surface area (Å²) in [7, 11) is 0. The highest BCUT2D eigenvalue weighted by atomic mass is 127. The van der Waals surface area contributed by atoms with Crippen molar-refractivity contribution in [3.63, 3.8) is 0 Å². The molecular formula is C16H18ClIN2. The van der Waals surface area contributed by atoms with Crippen LogP contribution in [0.2, 0.25) is 5.02 Å². The average Bonchev–Trinajstić information content (AvgIpc) is 2.43. The van der Waals surface area contributed by atoms with Crippen molar-refractivity contribution in [1.82, 2.24) is 10.3 Å². The minimum atomic E-state index is 0.235. The maximum absolute atomic E-state index is 6.15. The zero-order valence-electron chi connectivity index (χ0n) is 11.7. The lowest BCUT2D eigenvalue weighted by molar-refractivity contribution is 0.541. The van der Waals surface area contributed by atoms with Crippen LogP contribution < -0.4 is 5.32 Å². The van der Waals surface area contributed by atoms with Gasteiger partial charge in [-0.25, -0.2) is 0 Å². The number of hydrogen-bond acceptors (Lipinski definition) is 2. The third-order valence-corrected chi connectivity index (χ3v) is 4.52. The third kappa shape index (κ3) is 3.93. The molecule has 0 fully saturated rings. The summed E-state index contributed by atoms with van der Waals surface area (Å²) in [6.07, 6.45) is 2.73. The Morgan fingerprint density at radius 3 is 2.85 bits per heavy atom. The van der Waals surface area contributed by atoms with Gasteiger partial charge >= 0.3 is 0 Å². The molecular weight excluding hydrogens is 383 g/mol. The van der Waals surface area contributed by atoms with E-state index < -0.39 is 0 Å². The Morgan fingerprint density at radius 1 is 1.35 bits per heavy atom. The molecule has 2 aromatic rings. The number of nitrogens with zero attached hydrogens (tertiary/aromatic N) is 1. The fourth-order valence-corrected chi connectivity index (χ4v) is 3.14. The van der Waals surface area contributed by atoms with E-state index in [2.05, 4.69) is 64.9 Å². The van der Waals surface area contributed by atoms with Crippen LogP contribution in [-0.4, -0.2) is 11.5 Å². The minimum absolute atomic E-state index is 0.235. The summed E-state index contributed by atoms with van der Waals surface area (Å²) in [5.74, 6) is 0. The number of rotatable bonds is 5. The predicted molar refractivity (Wildman–Crippen MR) is 93.3 cm³/mol. The number of halogens is 2. The van der Waals surface area contributed by atoms with Crippen LogP contribution in [0, 0.1) is 10.5 Å². The van der Waals surface area contributed by atoms with Gasteiger partial charge in [0.15, 0.2) is 0 Å². The molecule has 0 spiro atoms. The molecule has 0 amide bonds. The molecule has 0 aliphatic carbocycles. The molecule has 1 aromatic carbocycles. The first-order valence-corrected chi connectivity index (χ1v) is 8.16. The van der Waals surface area contributed by atoms with Crippen LogP contribution in [0.4, 0.5) is 0 Å². The molecule has 2 rings (SSSR count). The molecule has 0 bridgehead atoms. The molecule has 0 radical (unpaired) electrons. The fourth-order valence-electron chi connectivity index (χ4n) is 2.25. The van der Waals surface area contributed by atoms with Crippen LogP contribution in [-0.2, 0) is 6.42 Å². The lowest BCUT2D eigenvalue weighted by Gasteiger charge is -2.20.